The summed E-state index contributed by atoms with van der Waals surface area (Å²) in [6.07, 6.45) is 2.99. The highest BCUT2D eigenvalue weighted by atomic mass is 32.1. The van der Waals surface area contributed by atoms with Crippen molar-refractivity contribution in [1.29, 1.82) is 0 Å². The second-order valence-electron chi connectivity index (χ2n) is 13.2. The van der Waals surface area contributed by atoms with Crippen molar-refractivity contribution >= 4 is 29.1 Å². The number of amides is 2. The van der Waals surface area contributed by atoms with Gasteiger partial charge in [-0.3, -0.25) is 9.59 Å². The van der Waals surface area contributed by atoms with Crippen LogP contribution in [0.4, 0.5) is 0 Å². The zero-order valence-corrected chi connectivity index (χ0v) is 29.8. The van der Waals surface area contributed by atoms with E-state index in [-0.39, 0.29) is 11.8 Å². The van der Waals surface area contributed by atoms with Gasteiger partial charge in [-0.1, -0.05) is 94.4 Å². The highest BCUT2D eigenvalue weighted by molar-refractivity contribution is 7.14. The first-order chi connectivity index (χ1) is 24.4. The molecule has 11 heteroatoms. The van der Waals surface area contributed by atoms with Crippen LogP contribution >= 0.6 is 11.3 Å². The van der Waals surface area contributed by atoms with Crippen molar-refractivity contribution in [3.8, 4) is 28.3 Å². The van der Waals surface area contributed by atoms with Gasteiger partial charge >= 0.3 is 5.97 Å². The molecule has 264 valence electrons. The maximum absolute atomic E-state index is 13.7. The Labute approximate surface area is 301 Å². The second kappa shape index (κ2) is 16.5. The van der Waals surface area contributed by atoms with Gasteiger partial charge < -0.3 is 25.6 Å². The van der Waals surface area contributed by atoms with Gasteiger partial charge in [0.05, 0.1) is 11.5 Å². The van der Waals surface area contributed by atoms with Crippen LogP contribution in [0, 0.1) is 0 Å². The quantitative estimate of drug-likeness (QED) is 0.101. The van der Waals surface area contributed by atoms with Gasteiger partial charge in [0.2, 0.25) is 5.91 Å². The van der Waals surface area contributed by atoms with Crippen molar-refractivity contribution in [3.63, 3.8) is 0 Å². The maximum Gasteiger partial charge on any atom is 0.329 e. The van der Waals surface area contributed by atoms with Gasteiger partial charge in [0.1, 0.15) is 17.9 Å². The normalized spacial score (nSPS) is 13.1. The number of aliphatic carboxylic acids is 1. The number of thiophene rings is 1. The Morgan fingerprint density at radius 2 is 1.47 bits per heavy atom. The number of aromatic nitrogens is 2. The summed E-state index contributed by atoms with van der Waals surface area (Å²) in [7, 11) is 0. The topological polar surface area (TPSA) is 151 Å². The molecular formula is C40H42N4O6S. The van der Waals surface area contributed by atoms with Crippen molar-refractivity contribution in [3.05, 3.63) is 124 Å². The van der Waals surface area contributed by atoms with E-state index in [0.717, 1.165) is 33.7 Å². The van der Waals surface area contributed by atoms with E-state index in [1.54, 1.807) is 48.8 Å². The third kappa shape index (κ3) is 9.65. The summed E-state index contributed by atoms with van der Waals surface area (Å²) in [5.74, 6) is -1.29. The molecule has 2 heterocycles. The summed E-state index contributed by atoms with van der Waals surface area (Å²) in [5, 5.41) is 26.1. The predicted molar refractivity (Wildman–Crippen MR) is 198 cm³/mol. The molecule has 0 saturated heterocycles. The van der Waals surface area contributed by atoms with E-state index in [1.165, 1.54) is 11.3 Å². The van der Waals surface area contributed by atoms with Crippen LogP contribution in [0.5, 0.6) is 5.75 Å². The summed E-state index contributed by atoms with van der Waals surface area (Å²) in [4.78, 5) is 49.9. The highest BCUT2D eigenvalue weighted by Crippen LogP contribution is 2.30. The fraction of sp³-hybridized carbons (Fsp3) is 0.275. The maximum atomic E-state index is 13.7. The fourth-order valence-electron chi connectivity index (χ4n) is 5.29. The van der Waals surface area contributed by atoms with Crippen LogP contribution in [0.2, 0.25) is 0 Å². The number of hydrogen-bond acceptors (Lipinski definition) is 8. The monoisotopic (exact) mass is 706 g/mol. The third-order valence-electron chi connectivity index (χ3n) is 8.18. The fourth-order valence-corrected chi connectivity index (χ4v) is 6.26. The lowest BCUT2D eigenvalue weighted by atomic mass is 9.95. The second-order valence-corrected chi connectivity index (χ2v) is 14.3. The zero-order valence-electron chi connectivity index (χ0n) is 29.0. The minimum Gasteiger partial charge on any atom is -0.494 e. The smallest absolute Gasteiger partial charge is 0.329 e. The van der Waals surface area contributed by atoms with Crippen LogP contribution in [-0.2, 0) is 21.4 Å². The predicted octanol–water partition coefficient (Wildman–Crippen LogP) is 6.60. The number of hydrogen-bond donors (Lipinski definition) is 4. The Balaban J connectivity index is 1.33. The molecule has 3 atom stereocenters. The van der Waals surface area contributed by atoms with E-state index < -0.39 is 36.0 Å². The van der Waals surface area contributed by atoms with E-state index in [1.807, 2.05) is 75.4 Å². The minimum absolute atomic E-state index is 0.0564. The number of aliphatic hydroxyl groups excluding tert-OH is 1. The highest BCUT2D eigenvalue weighted by Gasteiger charge is 2.33. The molecule has 2 aromatic heterocycles. The van der Waals surface area contributed by atoms with Crippen LogP contribution in [0.3, 0.4) is 0 Å². The molecule has 0 aliphatic heterocycles. The lowest BCUT2D eigenvalue weighted by molar-refractivity contribution is -0.145. The van der Waals surface area contributed by atoms with Gasteiger partial charge in [-0.25, -0.2) is 14.8 Å². The SMILES string of the molecule is CCCOc1ccc(-c2cnc(-c3ccc(CC(NC(=O)c4ccc(C(C)(C)C)s4)C(=O)NC(C(=O)O)C(O)c4ccccc4)cc3)nc2)cc1. The van der Waals surface area contributed by atoms with Gasteiger partial charge in [0.15, 0.2) is 11.9 Å². The Bertz CT molecular complexity index is 1920. The molecule has 51 heavy (non-hydrogen) atoms. The largest absolute Gasteiger partial charge is 0.494 e. The van der Waals surface area contributed by atoms with E-state index in [2.05, 4.69) is 27.5 Å². The van der Waals surface area contributed by atoms with E-state index >= 15 is 0 Å². The summed E-state index contributed by atoms with van der Waals surface area (Å²) >= 11 is 1.33. The number of carboxylic acid groups (broad SMARTS) is 1. The lowest BCUT2D eigenvalue weighted by Gasteiger charge is -2.24. The average molecular weight is 707 g/mol. The number of ether oxygens (including phenoxy) is 1. The Hall–Kier alpha value is -5.39. The molecule has 0 aliphatic rings. The van der Waals surface area contributed by atoms with Gasteiger partial charge in [0, 0.05) is 34.8 Å². The first kappa shape index (κ1) is 36.9. The molecule has 0 radical (unpaired) electrons. The molecule has 0 saturated carbocycles. The Kier molecular flexibility index (Phi) is 12.0. The van der Waals surface area contributed by atoms with Gasteiger partial charge in [-0.05, 0) is 52.8 Å². The van der Waals surface area contributed by atoms with Crippen LogP contribution < -0.4 is 15.4 Å². The minimum atomic E-state index is -1.65. The first-order valence-corrected chi connectivity index (χ1v) is 17.6. The third-order valence-corrected chi connectivity index (χ3v) is 9.69. The summed E-state index contributed by atoms with van der Waals surface area (Å²) in [6.45, 7) is 8.87. The molecule has 0 fully saturated rings. The van der Waals surface area contributed by atoms with Crippen molar-refractivity contribution in [2.24, 2.45) is 0 Å². The van der Waals surface area contributed by atoms with E-state index in [0.29, 0.717) is 28.4 Å². The number of aliphatic hydroxyl groups is 1. The van der Waals surface area contributed by atoms with Crippen LogP contribution in [-0.4, -0.2) is 56.7 Å². The molecule has 4 N–H and O–H groups in total. The molecule has 3 aromatic carbocycles. The van der Waals surface area contributed by atoms with Crippen molar-refractivity contribution in [2.45, 2.75) is 64.1 Å². The van der Waals surface area contributed by atoms with Gasteiger partial charge in [-0.2, -0.15) is 0 Å². The first-order valence-electron chi connectivity index (χ1n) is 16.7. The van der Waals surface area contributed by atoms with Crippen molar-refractivity contribution in [1.82, 2.24) is 20.6 Å². The number of benzene rings is 3. The molecule has 0 spiro atoms. The van der Waals surface area contributed by atoms with Crippen molar-refractivity contribution in [2.75, 3.05) is 6.61 Å². The molecule has 3 unspecified atom stereocenters. The summed E-state index contributed by atoms with van der Waals surface area (Å²) in [5.41, 5.74) is 3.45. The van der Waals surface area contributed by atoms with Gasteiger partial charge in [-0.15, -0.1) is 11.3 Å². The van der Waals surface area contributed by atoms with Crippen LogP contribution in [0.1, 0.15) is 65.9 Å². The summed E-state index contributed by atoms with van der Waals surface area (Å²) in [6, 6.07) is 24.1. The number of carbonyl (C=O) groups excluding carboxylic acids is 2. The van der Waals surface area contributed by atoms with E-state index in [9.17, 15) is 24.6 Å². The van der Waals surface area contributed by atoms with E-state index in [4.69, 9.17) is 4.74 Å². The van der Waals surface area contributed by atoms with Crippen LogP contribution in [0.15, 0.2) is 103 Å². The van der Waals surface area contributed by atoms with Crippen molar-refractivity contribution < 1.29 is 29.3 Å². The molecular weight excluding hydrogens is 665 g/mol. The van der Waals surface area contributed by atoms with Crippen LogP contribution in [0.25, 0.3) is 22.5 Å². The molecule has 2 amide bonds. The zero-order chi connectivity index (χ0) is 36.5. The number of nitrogens with one attached hydrogen (secondary N) is 2. The Morgan fingerprint density at radius 1 is 0.824 bits per heavy atom. The molecule has 5 aromatic rings. The number of carbonyl (C=O) groups is 3. The number of nitrogens with zero attached hydrogens (tertiary/aromatic N) is 2. The lowest BCUT2D eigenvalue weighted by Crippen LogP contribution is -2.54. The summed E-state index contributed by atoms with van der Waals surface area (Å²) < 4.78 is 5.67. The van der Waals surface area contributed by atoms with Gasteiger partial charge in [0.25, 0.3) is 5.91 Å². The number of rotatable bonds is 14. The molecule has 0 aliphatic carbocycles. The molecule has 10 nitrogen and oxygen atoms in total. The molecule has 5 rings (SSSR count). The average Bonchev–Trinajstić information content (AvgIpc) is 3.65. The molecule has 0 bridgehead atoms. The standard InChI is InChI=1S/C40H42N4O6S/c1-5-21-50-30-17-15-26(16-18-30)29-23-41-36(42-24-29)28-13-11-25(12-14-28)22-31(43-38(47)32-19-20-33(51-32)40(2,3)4)37(46)44-34(39(48)49)35(45)27-9-7-6-8-10-27/h6-20,23-24,31,34-35,45H,5,21-22H2,1-4H3,(H,43,47)(H,44,46)(H,48,49). The Morgan fingerprint density at radius 3 is 2.06 bits per heavy atom. The number of carboxylic acids is 1.